The maximum absolute atomic E-state index is 12.2. The quantitative estimate of drug-likeness (QED) is 0.696. The number of nitrogens with one attached hydrogen (secondary N) is 1. The summed E-state index contributed by atoms with van der Waals surface area (Å²) in [6, 6.07) is 0. The third-order valence-electron chi connectivity index (χ3n) is 3.98. The second kappa shape index (κ2) is 3.77. The molecule has 3 aliphatic rings. The number of likely N-dealkylation sites (tertiary alicyclic amines) is 1. The smallest absolute Gasteiger partial charge is 0.288 e. The number of hydrogen-bond donors (Lipinski definition) is 1. The molecule has 4 heteroatoms. The topological polar surface area (TPSA) is 41.6 Å². The molecule has 3 heterocycles. The van der Waals surface area contributed by atoms with Crippen molar-refractivity contribution in [2.45, 2.75) is 13.3 Å². The van der Waals surface area contributed by atoms with E-state index < -0.39 is 0 Å². The Kier molecular flexibility index (Phi) is 2.39. The fourth-order valence-corrected chi connectivity index (χ4v) is 2.95. The fraction of sp³-hybridized carbons (Fsp3) is 0.750. The van der Waals surface area contributed by atoms with Crippen LogP contribution in [0.5, 0.6) is 0 Å². The van der Waals surface area contributed by atoms with Crippen LogP contribution in [0.25, 0.3) is 0 Å². The normalized spacial score (nSPS) is 33.2. The molecule has 2 unspecified atom stereocenters. The molecule has 2 fully saturated rings. The van der Waals surface area contributed by atoms with E-state index in [1.54, 1.807) is 0 Å². The van der Waals surface area contributed by atoms with Crippen molar-refractivity contribution in [2.24, 2.45) is 11.8 Å². The van der Waals surface area contributed by atoms with Gasteiger partial charge in [-0.15, -0.1) is 0 Å². The molecule has 0 aliphatic carbocycles. The molecule has 0 spiro atoms. The number of rotatable bonds is 1. The Labute approximate surface area is 95.6 Å². The third kappa shape index (κ3) is 1.52. The zero-order valence-corrected chi connectivity index (χ0v) is 9.66. The second-order valence-electron chi connectivity index (χ2n) is 5.10. The van der Waals surface area contributed by atoms with Gasteiger partial charge in [-0.1, -0.05) is 0 Å². The van der Waals surface area contributed by atoms with E-state index >= 15 is 0 Å². The summed E-state index contributed by atoms with van der Waals surface area (Å²) in [5.74, 6) is 2.05. The first-order valence-electron chi connectivity index (χ1n) is 6.08. The van der Waals surface area contributed by atoms with E-state index in [1.165, 1.54) is 0 Å². The number of carbonyl (C=O) groups excluding carboxylic acids is 1. The molecular formula is C12H18N2O2. The molecular weight excluding hydrogens is 204 g/mol. The standard InChI is InChI=1S/C12H18N2O2/c1-8-2-3-16-11(8)12(15)14-6-9-4-13-5-10(9)7-14/h9-10,13H,2-7H2,1H3. The monoisotopic (exact) mass is 222 g/mol. The molecule has 2 saturated heterocycles. The summed E-state index contributed by atoms with van der Waals surface area (Å²) in [4.78, 5) is 14.2. The molecule has 0 aromatic carbocycles. The number of ether oxygens (including phenoxy) is 1. The van der Waals surface area contributed by atoms with Gasteiger partial charge in [0.25, 0.3) is 5.91 Å². The summed E-state index contributed by atoms with van der Waals surface area (Å²) in [7, 11) is 0. The lowest BCUT2D eigenvalue weighted by atomic mass is 10.0. The molecule has 0 aromatic rings. The lowest BCUT2D eigenvalue weighted by molar-refractivity contribution is -0.129. The lowest BCUT2D eigenvalue weighted by Crippen LogP contribution is -2.33. The van der Waals surface area contributed by atoms with Gasteiger partial charge in [0.05, 0.1) is 6.61 Å². The van der Waals surface area contributed by atoms with E-state index in [0.717, 1.165) is 38.2 Å². The largest absolute Gasteiger partial charge is 0.488 e. The Morgan fingerprint density at radius 2 is 2.06 bits per heavy atom. The molecule has 1 N–H and O–H groups in total. The summed E-state index contributed by atoms with van der Waals surface area (Å²) in [5, 5.41) is 3.38. The average molecular weight is 222 g/mol. The second-order valence-corrected chi connectivity index (χ2v) is 5.10. The molecule has 0 bridgehead atoms. The van der Waals surface area contributed by atoms with Crippen molar-refractivity contribution in [3.63, 3.8) is 0 Å². The van der Waals surface area contributed by atoms with Crippen molar-refractivity contribution in [1.82, 2.24) is 10.2 Å². The van der Waals surface area contributed by atoms with Crippen LogP contribution in [0, 0.1) is 11.8 Å². The Bertz CT molecular complexity index is 339. The minimum atomic E-state index is 0.115. The Hall–Kier alpha value is -1.03. The van der Waals surface area contributed by atoms with Gasteiger partial charge in [0.2, 0.25) is 0 Å². The van der Waals surface area contributed by atoms with Crippen LogP contribution < -0.4 is 5.32 Å². The van der Waals surface area contributed by atoms with E-state index in [2.05, 4.69) is 5.32 Å². The van der Waals surface area contributed by atoms with Crippen LogP contribution in [0.3, 0.4) is 0 Å². The Balaban J connectivity index is 1.71. The SMILES string of the molecule is CC1=C(C(=O)N2CC3CNCC3C2)OCC1. The highest BCUT2D eigenvalue weighted by molar-refractivity contribution is 5.92. The van der Waals surface area contributed by atoms with Crippen LogP contribution in [0.2, 0.25) is 0 Å². The van der Waals surface area contributed by atoms with Gasteiger partial charge < -0.3 is 15.0 Å². The predicted octanol–water partition coefficient (Wildman–Crippen LogP) is 0.359. The van der Waals surface area contributed by atoms with Gasteiger partial charge in [-0.05, 0) is 24.3 Å². The Morgan fingerprint density at radius 3 is 2.62 bits per heavy atom. The molecule has 0 aromatic heterocycles. The number of fused-ring (bicyclic) bond motifs is 1. The highest BCUT2D eigenvalue weighted by Gasteiger charge is 2.39. The summed E-state index contributed by atoms with van der Waals surface area (Å²) in [6.45, 7) is 6.60. The van der Waals surface area contributed by atoms with Crippen molar-refractivity contribution in [1.29, 1.82) is 0 Å². The fourth-order valence-electron chi connectivity index (χ4n) is 2.95. The van der Waals surface area contributed by atoms with Gasteiger partial charge in [0, 0.05) is 32.6 Å². The van der Waals surface area contributed by atoms with Crippen LogP contribution in [0.4, 0.5) is 0 Å². The molecule has 2 atom stereocenters. The van der Waals surface area contributed by atoms with Gasteiger partial charge >= 0.3 is 0 Å². The first kappa shape index (κ1) is 10.1. The Morgan fingerprint density at radius 1 is 1.38 bits per heavy atom. The lowest BCUT2D eigenvalue weighted by Gasteiger charge is -2.18. The molecule has 4 nitrogen and oxygen atoms in total. The van der Waals surface area contributed by atoms with Crippen LogP contribution in [0.15, 0.2) is 11.3 Å². The first-order chi connectivity index (χ1) is 7.75. The van der Waals surface area contributed by atoms with Crippen LogP contribution in [0.1, 0.15) is 13.3 Å². The average Bonchev–Trinajstić information content (AvgIpc) is 2.89. The van der Waals surface area contributed by atoms with E-state index in [1.807, 2.05) is 11.8 Å². The number of amides is 1. The maximum Gasteiger partial charge on any atom is 0.288 e. The molecule has 1 amide bonds. The number of carbonyl (C=O) groups is 1. The molecule has 3 rings (SSSR count). The minimum Gasteiger partial charge on any atom is -0.488 e. The van der Waals surface area contributed by atoms with Crippen molar-refractivity contribution in [3.05, 3.63) is 11.3 Å². The molecule has 16 heavy (non-hydrogen) atoms. The van der Waals surface area contributed by atoms with Crippen molar-refractivity contribution in [2.75, 3.05) is 32.8 Å². The highest BCUT2D eigenvalue weighted by atomic mass is 16.5. The van der Waals surface area contributed by atoms with E-state index in [0.29, 0.717) is 24.2 Å². The third-order valence-corrected chi connectivity index (χ3v) is 3.98. The van der Waals surface area contributed by atoms with Gasteiger partial charge in [-0.3, -0.25) is 4.79 Å². The molecule has 0 saturated carbocycles. The molecule has 0 radical (unpaired) electrons. The van der Waals surface area contributed by atoms with Crippen molar-refractivity contribution in [3.8, 4) is 0 Å². The summed E-state index contributed by atoms with van der Waals surface area (Å²) >= 11 is 0. The molecule has 3 aliphatic heterocycles. The zero-order valence-electron chi connectivity index (χ0n) is 9.66. The number of nitrogens with zero attached hydrogens (tertiary/aromatic N) is 1. The van der Waals surface area contributed by atoms with Crippen molar-refractivity contribution < 1.29 is 9.53 Å². The van der Waals surface area contributed by atoms with Crippen molar-refractivity contribution >= 4 is 5.91 Å². The van der Waals surface area contributed by atoms with Gasteiger partial charge in [0.15, 0.2) is 5.76 Å². The number of hydrogen-bond acceptors (Lipinski definition) is 3. The first-order valence-corrected chi connectivity index (χ1v) is 6.08. The predicted molar refractivity (Wildman–Crippen MR) is 59.7 cm³/mol. The van der Waals surface area contributed by atoms with Crippen LogP contribution >= 0.6 is 0 Å². The summed E-state index contributed by atoms with van der Waals surface area (Å²) < 4.78 is 5.43. The summed E-state index contributed by atoms with van der Waals surface area (Å²) in [5.41, 5.74) is 1.11. The zero-order chi connectivity index (χ0) is 11.1. The summed E-state index contributed by atoms with van der Waals surface area (Å²) in [6.07, 6.45) is 0.906. The van der Waals surface area contributed by atoms with E-state index in [-0.39, 0.29) is 5.91 Å². The highest BCUT2D eigenvalue weighted by Crippen LogP contribution is 2.29. The van der Waals surface area contributed by atoms with Crippen LogP contribution in [-0.4, -0.2) is 43.6 Å². The maximum atomic E-state index is 12.2. The van der Waals surface area contributed by atoms with Gasteiger partial charge in [-0.25, -0.2) is 0 Å². The van der Waals surface area contributed by atoms with Gasteiger partial charge in [-0.2, -0.15) is 0 Å². The molecule has 88 valence electrons. The van der Waals surface area contributed by atoms with E-state index in [9.17, 15) is 4.79 Å². The van der Waals surface area contributed by atoms with Crippen LogP contribution in [-0.2, 0) is 9.53 Å². The minimum absolute atomic E-state index is 0.115. The van der Waals surface area contributed by atoms with E-state index in [4.69, 9.17) is 4.74 Å². The van der Waals surface area contributed by atoms with Gasteiger partial charge in [0.1, 0.15) is 0 Å².